The highest BCUT2D eigenvalue weighted by molar-refractivity contribution is 5.54. The van der Waals surface area contributed by atoms with Gasteiger partial charge < -0.3 is 14.4 Å². The predicted octanol–water partition coefficient (Wildman–Crippen LogP) is 1.52. The second-order valence-corrected chi connectivity index (χ2v) is 5.36. The fourth-order valence-corrected chi connectivity index (χ4v) is 2.99. The Balaban J connectivity index is 1.75. The zero-order chi connectivity index (χ0) is 13.2. The van der Waals surface area contributed by atoms with E-state index >= 15 is 0 Å². The predicted molar refractivity (Wildman–Crippen MR) is 76.1 cm³/mol. The van der Waals surface area contributed by atoms with E-state index in [4.69, 9.17) is 9.47 Å². The average molecular weight is 262 g/mol. The Hall–Kier alpha value is -1.26. The van der Waals surface area contributed by atoms with E-state index in [1.807, 2.05) is 0 Å². The second-order valence-electron chi connectivity index (χ2n) is 5.36. The molecule has 0 aliphatic carbocycles. The third-order valence-corrected chi connectivity index (χ3v) is 4.19. The van der Waals surface area contributed by atoms with E-state index in [0.29, 0.717) is 6.04 Å². The highest BCUT2D eigenvalue weighted by Crippen LogP contribution is 2.27. The molecule has 2 saturated heterocycles. The van der Waals surface area contributed by atoms with Crippen molar-refractivity contribution in [3.63, 3.8) is 0 Å². The van der Waals surface area contributed by atoms with E-state index in [-0.39, 0.29) is 0 Å². The van der Waals surface area contributed by atoms with Gasteiger partial charge in [0.25, 0.3) is 0 Å². The molecule has 1 aromatic carbocycles. The van der Waals surface area contributed by atoms with Crippen LogP contribution in [0, 0.1) is 6.92 Å². The van der Waals surface area contributed by atoms with Crippen molar-refractivity contribution in [1.82, 2.24) is 4.90 Å². The Morgan fingerprint density at radius 3 is 3.00 bits per heavy atom. The van der Waals surface area contributed by atoms with Crippen LogP contribution in [0.3, 0.4) is 0 Å². The molecule has 0 amide bonds. The summed E-state index contributed by atoms with van der Waals surface area (Å²) in [5, 5.41) is 0. The van der Waals surface area contributed by atoms with Gasteiger partial charge in [0.05, 0.1) is 26.4 Å². The van der Waals surface area contributed by atoms with Gasteiger partial charge in [0, 0.05) is 37.9 Å². The van der Waals surface area contributed by atoms with Gasteiger partial charge in [-0.15, -0.1) is 0 Å². The standard InChI is InChI=1S/C15H22N2O2/c1-12-3-4-13(9-15(12)18-2)17-6-5-16-7-8-19-11-14(16)10-17/h3-4,9,14H,5-8,10-11H2,1-2H3. The summed E-state index contributed by atoms with van der Waals surface area (Å²) in [7, 11) is 1.74. The van der Waals surface area contributed by atoms with Crippen molar-refractivity contribution in [2.45, 2.75) is 13.0 Å². The lowest BCUT2D eigenvalue weighted by Gasteiger charge is -2.44. The van der Waals surface area contributed by atoms with Crippen LogP contribution in [-0.4, -0.2) is 57.4 Å². The Bertz CT molecular complexity index is 450. The van der Waals surface area contributed by atoms with Crippen LogP contribution >= 0.6 is 0 Å². The molecular weight excluding hydrogens is 240 g/mol. The quantitative estimate of drug-likeness (QED) is 0.807. The van der Waals surface area contributed by atoms with E-state index < -0.39 is 0 Å². The van der Waals surface area contributed by atoms with Gasteiger partial charge in [-0.3, -0.25) is 4.90 Å². The van der Waals surface area contributed by atoms with E-state index in [1.54, 1.807) is 7.11 Å². The Labute approximate surface area is 114 Å². The Morgan fingerprint density at radius 2 is 2.16 bits per heavy atom. The summed E-state index contributed by atoms with van der Waals surface area (Å²) >= 11 is 0. The van der Waals surface area contributed by atoms with E-state index in [1.165, 1.54) is 11.3 Å². The lowest BCUT2D eigenvalue weighted by atomic mass is 10.1. The van der Waals surface area contributed by atoms with Crippen LogP contribution in [0.1, 0.15) is 5.56 Å². The van der Waals surface area contributed by atoms with Crippen molar-refractivity contribution in [2.24, 2.45) is 0 Å². The summed E-state index contributed by atoms with van der Waals surface area (Å²) < 4.78 is 11.0. The molecule has 0 bridgehead atoms. The molecule has 2 aliphatic heterocycles. The lowest BCUT2D eigenvalue weighted by Crippen LogP contribution is -2.58. The zero-order valence-electron chi connectivity index (χ0n) is 11.8. The number of aryl methyl sites for hydroxylation is 1. The zero-order valence-corrected chi connectivity index (χ0v) is 11.8. The first-order valence-electron chi connectivity index (χ1n) is 6.99. The number of anilines is 1. The molecule has 3 rings (SSSR count). The topological polar surface area (TPSA) is 24.9 Å². The number of hydrogen-bond donors (Lipinski definition) is 0. The summed E-state index contributed by atoms with van der Waals surface area (Å²) in [5.41, 5.74) is 2.44. The molecule has 0 aromatic heterocycles. The van der Waals surface area contributed by atoms with Crippen molar-refractivity contribution in [3.8, 4) is 5.75 Å². The molecule has 19 heavy (non-hydrogen) atoms. The van der Waals surface area contributed by atoms with Crippen LogP contribution < -0.4 is 9.64 Å². The van der Waals surface area contributed by atoms with Gasteiger partial charge >= 0.3 is 0 Å². The number of fused-ring (bicyclic) bond motifs is 1. The summed E-state index contributed by atoms with van der Waals surface area (Å²) in [6.07, 6.45) is 0. The van der Waals surface area contributed by atoms with Crippen molar-refractivity contribution in [2.75, 3.05) is 51.4 Å². The highest BCUT2D eigenvalue weighted by atomic mass is 16.5. The second kappa shape index (κ2) is 5.39. The molecule has 2 fully saturated rings. The maximum absolute atomic E-state index is 5.59. The number of nitrogens with zero attached hydrogens (tertiary/aromatic N) is 2. The smallest absolute Gasteiger partial charge is 0.123 e. The Kier molecular flexibility index (Phi) is 3.62. The van der Waals surface area contributed by atoms with Crippen LogP contribution in [-0.2, 0) is 4.74 Å². The van der Waals surface area contributed by atoms with Crippen LogP contribution in [0.25, 0.3) is 0 Å². The third-order valence-electron chi connectivity index (χ3n) is 4.19. The van der Waals surface area contributed by atoms with Gasteiger partial charge in [-0.25, -0.2) is 0 Å². The lowest BCUT2D eigenvalue weighted by molar-refractivity contribution is -0.0116. The fourth-order valence-electron chi connectivity index (χ4n) is 2.99. The maximum atomic E-state index is 5.59. The first-order chi connectivity index (χ1) is 9.28. The summed E-state index contributed by atoms with van der Waals surface area (Å²) in [6, 6.07) is 7.01. The van der Waals surface area contributed by atoms with E-state index in [9.17, 15) is 0 Å². The molecular formula is C15H22N2O2. The summed E-state index contributed by atoms with van der Waals surface area (Å²) in [4.78, 5) is 4.99. The van der Waals surface area contributed by atoms with Gasteiger partial charge in [0.15, 0.2) is 0 Å². The summed E-state index contributed by atoms with van der Waals surface area (Å²) in [6.45, 7) is 8.17. The molecule has 0 N–H and O–H groups in total. The molecule has 0 spiro atoms. The number of hydrogen-bond acceptors (Lipinski definition) is 4. The van der Waals surface area contributed by atoms with Gasteiger partial charge in [0.1, 0.15) is 5.75 Å². The minimum absolute atomic E-state index is 0.537. The van der Waals surface area contributed by atoms with Crippen molar-refractivity contribution >= 4 is 5.69 Å². The number of rotatable bonds is 2. The number of methoxy groups -OCH3 is 1. The van der Waals surface area contributed by atoms with Crippen molar-refractivity contribution < 1.29 is 9.47 Å². The van der Waals surface area contributed by atoms with Crippen molar-refractivity contribution in [3.05, 3.63) is 23.8 Å². The molecule has 1 unspecified atom stereocenters. The molecule has 2 heterocycles. The molecule has 0 saturated carbocycles. The maximum Gasteiger partial charge on any atom is 0.123 e. The molecule has 104 valence electrons. The van der Waals surface area contributed by atoms with Crippen LogP contribution in [0.5, 0.6) is 5.75 Å². The average Bonchev–Trinajstić information content (AvgIpc) is 2.47. The SMILES string of the molecule is COc1cc(N2CCN3CCOCC3C2)ccc1C. The van der Waals surface area contributed by atoms with Crippen molar-refractivity contribution in [1.29, 1.82) is 0 Å². The molecule has 2 aliphatic rings. The minimum atomic E-state index is 0.537. The van der Waals surface area contributed by atoms with Crippen LogP contribution in [0.4, 0.5) is 5.69 Å². The van der Waals surface area contributed by atoms with Gasteiger partial charge in [-0.2, -0.15) is 0 Å². The highest BCUT2D eigenvalue weighted by Gasteiger charge is 2.29. The molecule has 0 radical (unpaired) electrons. The number of ether oxygens (including phenoxy) is 2. The number of benzene rings is 1. The minimum Gasteiger partial charge on any atom is -0.496 e. The van der Waals surface area contributed by atoms with Gasteiger partial charge in [-0.05, 0) is 18.6 Å². The number of morpholine rings is 1. The third kappa shape index (κ3) is 2.55. The van der Waals surface area contributed by atoms with Crippen LogP contribution in [0.15, 0.2) is 18.2 Å². The first kappa shape index (κ1) is 12.8. The fraction of sp³-hybridized carbons (Fsp3) is 0.600. The van der Waals surface area contributed by atoms with E-state index in [0.717, 1.165) is 45.1 Å². The molecule has 4 heteroatoms. The first-order valence-corrected chi connectivity index (χ1v) is 6.99. The molecule has 1 aromatic rings. The van der Waals surface area contributed by atoms with Gasteiger partial charge in [0.2, 0.25) is 0 Å². The molecule has 4 nitrogen and oxygen atoms in total. The monoisotopic (exact) mass is 262 g/mol. The Morgan fingerprint density at radius 1 is 1.26 bits per heavy atom. The largest absolute Gasteiger partial charge is 0.496 e. The van der Waals surface area contributed by atoms with E-state index in [2.05, 4.69) is 34.9 Å². The normalized spacial score (nSPS) is 24.1. The van der Waals surface area contributed by atoms with Gasteiger partial charge in [-0.1, -0.05) is 6.07 Å². The number of piperazine rings is 1. The molecule has 1 atom stereocenters. The van der Waals surface area contributed by atoms with Crippen LogP contribution in [0.2, 0.25) is 0 Å². The summed E-state index contributed by atoms with van der Waals surface area (Å²) in [5.74, 6) is 0.972.